The molecule has 4 fully saturated rings. The number of hydrogen-bond acceptors (Lipinski definition) is 15. The second-order valence-electron chi connectivity index (χ2n) is 15.3. The zero-order chi connectivity index (χ0) is 38.1. The molecule has 52 heavy (non-hydrogen) atoms. The lowest BCUT2D eigenvalue weighted by Crippen LogP contribution is -2.61. The Labute approximate surface area is 305 Å². The summed E-state index contributed by atoms with van der Waals surface area (Å²) in [7, 11) is 2.99. The number of aliphatic hydroxyl groups excluding tert-OH is 2. The average Bonchev–Trinajstić information content (AvgIpc) is 3.79. The van der Waals surface area contributed by atoms with Gasteiger partial charge in [0.1, 0.15) is 42.4 Å². The Balaban J connectivity index is 1.32. The summed E-state index contributed by atoms with van der Waals surface area (Å²) in [6.45, 7) is 12.7. The first-order valence-electron chi connectivity index (χ1n) is 18.6. The van der Waals surface area contributed by atoms with Crippen LogP contribution in [0.15, 0.2) is 12.2 Å². The highest BCUT2D eigenvalue weighted by Crippen LogP contribution is 2.42. The quantitative estimate of drug-likeness (QED) is 0.286. The van der Waals surface area contributed by atoms with Gasteiger partial charge in [-0.15, -0.1) is 0 Å². The molecule has 0 aromatic heterocycles. The van der Waals surface area contributed by atoms with Crippen molar-refractivity contribution in [3.63, 3.8) is 0 Å². The monoisotopic (exact) mass is 742 g/mol. The Morgan fingerprint density at radius 3 is 2.23 bits per heavy atom. The summed E-state index contributed by atoms with van der Waals surface area (Å²) in [4.78, 5) is 38.7. The van der Waals surface area contributed by atoms with E-state index in [0.29, 0.717) is 19.3 Å². The third-order valence-electron chi connectivity index (χ3n) is 11.5. The van der Waals surface area contributed by atoms with Crippen molar-refractivity contribution in [3.8, 4) is 0 Å². The van der Waals surface area contributed by atoms with Gasteiger partial charge in [-0.25, -0.2) is 9.59 Å². The van der Waals surface area contributed by atoms with E-state index >= 15 is 0 Å². The van der Waals surface area contributed by atoms with Crippen LogP contribution in [0.1, 0.15) is 74.1 Å². The van der Waals surface area contributed by atoms with Crippen molar-refractivity contribution < 1.29 is 72.0 Å². The number of carbonyl (C=O) groups excluding carboxylic acids is 3. The molecule has 0 radical (unpaired) electrons. The highest BCUT2D eigenvalue weighted by molar-refractivity contribution is 5.82. The van der Waals surface area contributed by atoms with E-state index in [1.54, 1.807) is 33.8 Å². The van der Waals surface area contributed by atoms with E-state index < -0.39 is 91.2 Å². The normalized spacial score (nSPS) is 47.8. The van der Waals surface area contributed by atoms with Crippen LogP contribution in [0.25, 0.3) is 0 Å². The lowest BCUT2D eigenvalue weighted by atomic mass is 9.83. The molecule has 15 heteroatoms. The lowest BCUT2D eigenvalue weighted by Gasteiger charge is -2.44. The number of ketones is 1. The fourth-order valence-electron chi connectivity index (χ4n) is 8.32. The molecule has 4 saturated heterocycles. The molecule has 1 spiro atoms. The maximum Gasteiger partial charge on any atom is 0.509 e. The van der Waals surface area contributed by atoms with Crippen LogP contribution in [-0.4, -0.2) is 134 Å². The molecule has 5 aliphatic rings. The maximum absolute atomic E-state index is 13.4. The molecular formula is C37H58O15. The standard InChI is InChI=1S/C37H58O15/c1-17-10-13-27(39)47-21(5)24(16-45-35-33(41)37(15-20(4)46-35)23(7)49-36(42)52-37)30-26(50-30)12-11-25(38)18(2)14-19(3)29(17)51-34-32(44-9)31(43-8)28(40)22(6)48-34/h10,13,17-24,26,28-35,40-41H,11-12,14-16H2,1-9H3. The Morgan fingerprint density at radius 2 is 1.58 bits per heavy atom. The van der Waals surface area contributed by atoms with Gasteiger partial charge in [-0.3, -0.25) is 4.79 Å². The molecule has 5 aliphatic heterocycles. The van der Waals surface area contributed by atoms with E-state index in [1.807, 2.05) is 20.8 Å². The maximum atomic E-state index is 13.4. The number of carbonyl (C=O) groups is 3. The van der Waals surface area contributed by atoms with Crippen LogP contribution in [0.2, 0.25) is 0 Å². The van der Waals surface area contributed by atoms with E-state index in [2.05, 4.69) is 0 Å². The van der Waals surface area contributed by atoms with Gasteiger partial charge in [0, 0.05) is 50.9 Å². The molecule has 0 aromatic rings. The molecule has 0 bridgehead atoms. The summed E-state index contributed by atoms with van der Waals surface area (Å²) in [5.74, 6) is -1.70. The van der Waals surface area contributed by atoms with Gasteiger partial charge in [0.05, 0.1) is 37.1 Å². The zero-order valence-corrected chi connectivity index (χ0v) is 31.7. The van der Waals surface area contributed by atoms with Crippen LogP contribution in [0.4, 0.5) is 4.79 Å². The molecule has 0 amide bonds. The predicted octanol–water partition coefficient (Wildman–Crippen LogP) is 2.85. The summed E-state index contributed by atoms with van der Waals surface area (Å²) in [5, 5.41) is 22.0. The lowest BCUT2D eigenvalue weighted by molar-refractivity contribution is -0.318. The van der Waals surface area contributed by atoms with Crippen molar-refractivity contribution in [2.24, 2.45) is 23.7 Å². The summed E-state index contributed by atoms with van der Waals surface area (Å²) in [6.07, 6.45) is -5.51. The minimum Gasteiger partial charge on any atom is -0.459 e. The van der Waals surface area contributed by atoms with Crippen molar-refractivity contribution in [3.05, 3.63) is 12.2 Å². The van der Waals surface area contributed by atoms with Crippen LogP contribution in [-0.2, 0) is 57.0 Å². The number of epoxide rings is 1. The summed E-state index contributed by atoms with van der Waals surface area (Å²) in [6, 6.07) is 0. The molecule has 15 nitrogen and oxygen atoms in total. The number of fused-ring (bicyclic) bond motifs is 1. The second-order valence-corrected chi connectivity index (χ2v) is 15.3. The third kappa shape index (κ3) is 8.84. The van der Waals surface area contributed by atoms with Gasteiger partial charge < -0.3 is 57.6 Å². The minimum absolute atomic E-state index is 0.0150. The van der Waals surface area contributed by atoms with Crippen molar-refractivity contribution in [1.29, 1.82) is 0 Å². The van der Waals surface area contributed by atoms with Crippen molar-refractivity contribution in [1.82, 2.24) is 0 Å². The van der Waals surface area contributed by atoms with Crippen LogP contribution in [0, 0.1) is 23.7 Å². The highest BCUT2D eigenvalue weighted by Gasteiger charge is 2.61. The molecular weight excluding hydrogens is 684 g/mol. The van der Waals surface area contributed by atoms with Gasteiger partial charge in [-0.1, -0.05) is 26.8 Å². The van der Waals surface area contributed by atoms with E-state index in [1.165, 1.54) is 20.3 Å². The Morgan fingerprint density at radius 1 is 0.865 bits per heavy atom. The molecule has 18 unspecified atom stereocenters. The van der Waals surface area contributed by atoms with Crippen LogP contribution in [0.5, 0.6) is 0 Å². The summed E-state index contributed by atoms with van der Waals surface area (Å²) >= 11 is 0. The number of aliphatic hydroxyl groups is 2. The van der Waals surface area contributed by atoms with Crippen LogP contribution < -0.4 is 0 Å². The van der Waals surface area contributed by atoms with E-state index in [-0.39, 0.29) is 48.8 Å². The molecule has 18 atom stereocenters. The highest BCUT2D eigenvalue weighted by atomic mass is 16.8. The average molecular weight is 743 g/mol. The predicted molar refractivity (Wildman–Crippen MR) is 181 cm³/mol. The van der Waals surface area contributed by atoms with E-state index in [0.717, 1.165) is 0 Å². The fraction of sp³-hybridized carbons (Fsp3) is 0.865. The summed E-state index contributed by atoms with van der Waals surface area (Å²) < 4.78 is 58.6. The zero-order valence-electron chi connectivity index (χ0n) is 31.7. The van der Waals surface area contributed by atoms with E-state index in [4.69, 9.17) is 47.4 Å². The number of rotatable bonds is 7. The molecule has 2 N–H and O–H groups in total. The van der Waals surface area contributed by atoms with Gasteiger partial charge in [0.2, 0.25) is 0 Å². The SMILES string of the molecule is COC1C(OC2C(C)C=CC(=O)OC(C)C(COC3OC(C)CC4(OC(=O)OC4C)C3O)C3OC3CCC(=O)C(C)CC2C)OC(C)C(O)C1OC. The van der Waals surface area contributed by atoms with Crippen LogP contribution in [0.3, 0.4) is 0 Å². The van der Waals surface area contributed by atoms with Gasteiger partial charge in [0.25, 0.3) is 0 Å². The van der Waals surface area contributed by atoms with Gasteiger partial charge in [0.15, 0.2) is 18.2 Å². The second kappa shape index (κ2) is 17.1. The van der Waals surface area contributed by atoms with Crippen molar-refractivity contribution in [2.45, 2.75) is 159 Å². The molecule has 296 valence electrons. The first-order chi connectivity index (χ1) is 24.6. The number of ether oxygens (including phenoxy) is 10. The molecule has 0 aliphatic carbocycles. The largest absolute Gasteiger partial charge is 0.509 e. The van der Waals surface area contributed by atoms with Gasteiger partial charge in [-0.05, 0) is 46.5 Å². The fourth-order valence-corrected chi connectivity index (χ4v) is 8.32. The molecule has 0 saturated carbocycles. The van der Waals surface area contributed by atoms with Crippen LogP contribution >= 0.6 is 0 Å². The molecule has 5 heterocycles. The Kier molecular flexibility index (Phi) is 13.4. The van der Waals surface area contributed by atoms with Crippen molar-refractivity contribution >= 4 is 17.9 Å². The number of hydrogen-bond donors (Lipinski definition) is 2. The minimum atomic E-state index is -1.34. The van der Waals surface area contributed by atoms with Gasteiger partial charge >= 0.3 is 12.1 Å². The number of cyclic esters (lactones) is 2. The molecule has 0 aromatic carbocycles. The first kappa shape index (κ1) is 41.0. The molecule has 5 rings (SSSR count). The Bertz CT molecular complexity index is 1280. The van der Waals surface area contributed by atoms with Crippen molar-refractivity contribution in [2.75, 3.05) is 20.8 Å². The number of esters is 1. The topological polar surface area (TPSA) is 187 Å². The number of methoxy groups -OCH3 is 2. The number of Topliss-reactive ketones (excluding diaryl/α,β-unsaturated/α-hetero) is 1. The smallest absolute Gasteiger partial charge is 0.459 e. The first-order valence-corrected chi connectivity index (χ1v) is 18.6. The van der Waals surface area contributed by atoms with Gasteiger partial charge in [-0.2, -0.15) is 0 Å². The third-order valence-corrected chi connectivity index (χ3v) is 11.5. The summed E-state index contributed by atoms with van der Waals surface area (Å²) in [5.41, 5.74) is -1.33. The Hall–Kier alpha value is -2.21. The van der Waals surface area contributed by atoms with E-state index in [9.17, 15) is 24.6 Å².